The number of rotatable bonds is 1. The quantitative estimate of drug-likeness (QED) is 0.655. The number of hydrogen-bond donors (Lipinski definition) is 0. The van der Waals surface area contributed by atoms with Gasteiger partial charge in [-0.05, 0) is 24.3 Å². The van der Waals surface area contributed by atoms with Gasteiger partial charge in [0.25, 0.3) is 0 Å². The van der Waals surface area contributed by atoms with Crippen molar-refractivity contribution in [2.75, 3.05) is 7.11 Å². The van der Waals surface area contributed by atoms with Gasteiger partial charge in [-0.1, -0.05) is 0 Å². The van der Waals surface area contributed by atoms with Crippen LogP contribution in [0.4, 0.5) is 13.2 Å². The van der Waals surface area contributed by atoms with Crippen LogP contribution >= 0.6 is 0 Å². The van der Waals surface area contributed by atoms with Crippen LogP contribution in [0, 0.1) is 0 Å². The van der Waals surface area contributed by atoms with Crippen LogP contribution in [0.5, 0.6) is 0 Å². The summed E-state index contributed by atoms with van der Waals surface area (Å²) in [4.78, 5) is 10.9. The molecule has 1 aromatic rings. The second kappa shape index (κ2) is 3.69. The molecule has 0 aliphatic carbocycles. The van der Waals surface area contributed by atoms with Crippen molar-refractivity contribution in [1.82, 2.24) is 0 Å². The van der Waals surface area contributed by atoms with Gasteiger partial charge in [-0.2, -0.15) is 13.2 Å². The van der Waals surface area contributed by atoms with E-state index in [-0.39, 0.29) is 5.56 Å². The fourth-order valence-corrected chi connectivity index (χ4v) is 0.913. The fraction of sp³-hybridized carbons (Fsp3) is 0.222. The maximum atomic E-state index is 12.1. The SMILES string of the molecule is COC(=O)c1ccc(C(F)(F)[18F])cc1. The van der Waals surface area contributed by atoms with Crippen LogP contribution in [0.1, 0.15) is 15.9 Å². The molecule has 0 atom stereocenters. The molecule has 5 heteroatoms. The van der Waals surface area contributed by atoms with Gasteiger partial charge < -0.3 is 4.74 Å². The topological polar surface area (TPSA) is 26.3 Å². The summed E-state index contributed by atoms with van der Waals surface area (Å²) in [6.45, 7) is 0. The lowest BCUT2D eigenvalue weighted by molar-refractivity contribution is -0.137. The molecule has 1 rings (SSSR count). The molecular weight excluding hydrogens is 196 g/mol. The third-order valence-electron chi connectivity index (χ3n) is 1.63. The summed E-state index contributed by atoms with van der Waals surface area (Å²) in [5, 5.41) is 0. The van der Waals surface area contributed by atoms with Gasteiger partial charge in [-0.15, -0.1) is 0 Å². The van der Waals surface area contributed by atoms with Crippen LogP contribution < -0.4 is 0 Å². The Labute approximate surface area is 78.3 Å². The van der Waals surface area contributed by atoms with Gasteiger partial charge in [0.05, 0.1) is 18.2 Å². The first-order valence-electron chi connectivity index (χ1n) is 3.70. The standard InChI is InChI=1S/C9H7F3O2/c1-14-8(13)6-2-4-7(5-3-6)9(10,11)12/h2-5H,1H3/i10-1. The molecule has 14 heavy (non-hydrogen) atoms. The first kappa shape index (κ1) is 10.6. The number of ether oxygens (including phenoxy) is 1. The Morgan fingerprint density at radius 2 is 1.71 bits per heavy atom. The molecule has 0 aliphatic heterocycles. The Kier molecular flexibility index (Phi) is 2.78. The van der Waals surface area contributed by atoms with Crippen molar-refractivity contribution in [3.8, 4) is 0 Å². The van der Waals surface area contributed by atoms with Crippen LogP contribution in [0.25, 0.3) is 0 Å². The average molecular weight is 203 g/mol. The zero-order valence-corrected chi connectivity index (χ0v) is 7.26. The van der Waals surface area contributed by atoms with E-state index in [0.29, 0.717) is 0 Å². The van der Waals surface area contributed by atoms with Gasteiger partial charge in [0.1, 0.15) is 0 Å². The van der Waals surface area contributed by atoms with Gasteiger partial charge in [-0.25, -0.2) is 4.79 Å². The van der Waals surface area contributed by atoms with E-state index in [1.165, 1.54) is 7.11 Å². The summed E-state index contributed by atoms with van der Waals surface area (Å²) < 4.78 is 40.6. The number of benzene rings is 1. The molecule has 0 amide bonds. The van der Waals surface area contributed by atoms with E-state index >= 15 is 0 Å². The number of esters is 1. The number of alkyl halides is 3. The lowest BCUT2D eigenvalue weighted by atomic mass is 10.1. The van der Waals surface area contributed by atoms with Gasteiger partial charge in [0, 0.05) is 0 Å². The molecule has 76 valence electrons. The highest BCUT2D eigenvalue weighted by molar-refractivity contribution is 5.89. The molecule has 0 saturated heterocycles. The molecule has 0 heterocycles. The highest BCUT2D eigenvalue weighted by Crippen LogP contribution is 2.29. The number of halogens is 3. The zero-order valence-electron chi connectivity index (χ0n) is 7.26. The number of carbonyl (C=O) groups excluding carboxylic acids is 1. The summed E-state index contributed by atoms with van der Waals surface area (Å²) in [7, 11) is 1.17. The summed E-state index contributed by atoms with van der Waals surface area (Å²) in [6.07, 6.45) is -4.38. The minimum atomic E-state index is -4.38. The molecule has 1 aromatic carbocycles. The Balaban J connectivity index is 2.95. The monoisotopic (exact) mass is 203 g/mol. The summed E-state index contributed by atoms with van der Waals surface area (Å²) >= 11 is 0. The van der Waals surface area contributed by atoms with Gasteiger partial charge in [0.15, 0.2) is 0 Å². The highest BCUT2D eigenvalue weighted by Gasteiger charge is 2.30. The first-order valence-corrected chi connectivity index (χ1v) is 3.70. The lowest BCUT2D eigenvalue weighted by Crippen LogP contribution is -2.06. The van der Waals surface area contributed by atoms with Crippen LogP contribution in [0.15, 0.2) is 24.3 Å². The van der Waals surface area contributed by atoms with E-state index in [2.05, 4.69) is 4.74 Å². The molecule has 0 aliphatic rings. The fourth-order valence-electron chi connectivity index (χ4n) is 0.913. The van der Waals surface area contributed by atoms with Crippen molar-refractivity contribution >= 4 is 5.97 Å². The molecule has 0 unspecified atom stereocenters. The minimum Gasteiger partial charge on any atom is -0.465 e. The van der Waals surface area contributed by atoms with Crippen molar-refractivity contribution in [2.45, 2.75) is 6.18 Å². The highest BCUT2D eigenvalue weighted by atomic mass is 19.3. The molecular formula is C9H7F3O2. The maximum absolute atomic E-state index is 12.1. The van der Waals surface area contributed by atoms with E-state index in [0.717, 1.165) is 24.3 Å². The second-order valence-electron chi connectivity index (χ2n) is 2.57. The normalized spacial score (nSPS) is 11.1. The van der Waals surface area contributed by atoms with Crippen LogP contribution in [-0.4, -0.2) is 13.1 Å². The summed E-state index contributed by atoms with van der Waals surface area (Å²) in [6, 6.07) is 3.84. The molecule has 0 spiro atoms. The van der Waals surface area contributed by atoms with Crippen LogP contribution in [0.3, 0.4) is 0 Å². The zero-order chi connectivity index (χ0) is 10.8. The van der Waals surface area contributed by atoms with Crippen molar-refractivity contribution in [3.05, 3.63) is 35.4 Å². The van der Waals surface area contributed by atoms with Gasteiger partial charge >= 0.3 is 12.1 Å². The van der Waals surface area contributed by atoms with E-state index in [1.807, 2.05) is 0 Å². The number of methoxy groups -OCH3 is 1. The molecule has 0 fully saturated rings. The third-order valence-corrected chi connectivity index (χ3v) is 1.63. The predicted molar refractivity (Wildman–Crippen MR) is 42.8 cm³/mol. The summed E-state index contributed by atoms with van der Waals surface area (Å²) in [5.74, 6) is -0.654. The number of carbonyl (C=O) groups is 1. The molecule has 0 saturated carbocycles. The second-order valence-corrected chi connectivity index (χ2v) is 2.57. The maximum Gasteiger partial charge on any atom is 0.416 e. The van der Waals surface area contributed by atoms with Crippen molar-refractivity contribution in [3.63, 3.8) is 0 Å². The molecule has 0 radical (unpaired) electrons. The Morgan fingerprint density at radius 3 is 2.07 bits per heavy atom. The Morgan fingerprint density at radius 1 is 1.21 bits per heavy atom. The van der Waals surface area contributed by atoms with Crippen molar-refractivity contribution in [1.29, 1.82) is 0 Å². The molecule has 0 bridgehead atoms. The van der Waals surface area contributed by atoms with Crippen LogP contribution in [-0.2, 0) is 10.9 Å². The summed E-state index contributed by atoms with van der Waals surface area (Å²) in [5.41, 5.74) is -0.689. The molecule has 2 nitrogen and oxygen atoms in total. The first-order chi connectivity index (χ1) is 6.45. The third kappa shape index (κ3) is 2.25. The van der Waals surface area contributed by atoms with E-state index in [4.69, 9.17) is 0 Å². The number of hydrogen-bond acceptors (Lipinski definition) is 2. The van der Waals surface area contributed by atoms with E-state index < -0.39 is 17.7 Å². The van der Waals surface area contributed by atoms with E-state index in [9.17, 15) is 18.0 Å². The molecule has 0 aromatic heterocycles. The predicted octanol–water partition coefficient (Wildman–Crippen LogP) is 2.49. The van der Waals surface area contributed by atoms with Crippen molar-refractivity contribution in [2.24, 2.45) is 0 Å². The van der Waals surface area contributed by atoms with Crippen LogP contribution in [0.2, 0.25) is 0 Å². The lowest BCUT2D eigenvalue weighted by Gasteiger charge is -2.06. The van der Waals surface area contributed by atoms with Gasteiger partial charge in [-0.3, -0.25) is 0 Å². The smallest absolute Gasteiger partial charge is 0.416 e. The Bertz CT molecular complexity index is 327. The Hall–Kier alpha value is -1.52. The molecule has 0 N–H and O–H groups in total. The average Bonchev–Trinajstić information content (AvgIpc) is 2.15. The van der Waals surface area contributed by atoms with Gasteiger partial charge in [0.2, 0.25) is 0 Å². The minimum absolute atomic E-state index is 0.0977. The largest absolute Gasteiger partial charge is 0.465 e. The van der Waals surface area contributed by atoms with Crippen molar-refractivity contribution < 1.29 is 22.7 Å². The van der Waals surface area contributed by atoms with E-state index in [1.54, 1.807) is 0 Å².